The molecule has 1 saturated heterocycles. The van der Waals surface area contributed by atoms with Crippen LogP contribution in [-0.4, -0.2) is 51.8 Å². The highest BCUT2D eigenvalue weighted by atomic mass is 16.2. The van der Waals surface area contributed by atoms with Crippen LogP contribution in [0.1, 0.15) is 48.4 Å². The van der Waals surface area contributed by atoms with Crippen molar-refractivity contribution in [2.45, 2.75) is 64.7 Å². The maximum atomic E-state index is 13.8. The summed E-state index contributed by atoms with van der Waals surface area (Å²) in [6.07, 6.45) is 7.09. The van der Waals surface area contributed by atoms with Crippen LogP contribution in [0.5, 0.6) is 0 Å². The van der Waals surface area contributed by atoms with E-state index in [1.165, 1.54) is 11.1 Å². The van der Waals surface area contributed by atoms with Crippen molar-refractivity contribution in [1.29, 1.82) is 0 Å². The second-order valence-electron chi connectivity index (χ2n) is 10.4. The Bertz CT molecular complexity index is 1230. The molecule has 5 rings (SSSR count). The lowest BCUT2D eigenvalue weighted by atomic mass is 10.1. The van der Waals surface area contributed by atoms with E-state index in [2.05, 4.69) is 47.1 Å². The smallest absolute Gasteiger partial charge is 0.227 e. The molecule has 3 heterocycles. The Morgan fingerprint density at radius 2 is 1.62 bits per heavy atom. The highest BCUT2D eigenvalue weighted by Gasteiger charge is 2.36. The zero-order chi connectivity index (χ0) is 25.8. The van der Waals surface area contributed by atoms with Crippen molar-refractivity contribution < 1.29 is 9.59 Å². The highest BCUT2D eigenvalue weighted by molar-refractivity contribution is 5.92. The van der Waals surface area contributed by atoms with Crippen LogP contribution < -0.4 is 4.90 Å². The number of anilines is 1. The number of fused-ring (bicyclic) bond motifs is 3. The van der Waals surface area contributed by atoms with Gasteiger partial charge in [0.2, 0.25) is 11.8 Å². The second kappa shape index (κ2) is 11.3. The van der Waals surface area contributed by atoms with Crippen molar-refractivity contribution in [3.63, 3.8) is 0 Å². The van der Waals surface area contributed by atoms with Gasteiger partial charge in [0.05, 0.1) is 6.42 Å². The van der Waals surface area contributed by atoms with Crippen molar-refractivity contribution in [2.24, 2.45) is 0 Å². The molecule has 192 valence electrons. The lowest BCUT2D eigenvalue weighted by Crippen LogP contribution is -2.45. The zero-order valence-electron chi connectivity index (χ0n) is 21.8. The lowest BCUT2D eigenvalue weighted by molar-refractivity contribution is -0.132. The maximum Gasteiger partial charge on any atom is 0.227 e. The predicted molar refractivity (Wildman–Crippen MR) is 146 cm³/mol. The molecule has 2 aliphatic heterocycles. The summed E-state index contributed by atoms with van der Waals surface area (Å²) in [5.74, 6) is 0.166. The van der Waals surface area contributed by atoms with Gasteiger partial charge in [0.1, 0.15) is 0 Å². The van der Waals surface area contributed by atoms with Crippen LogP contribution in [0.2, 0.25) is 0 Å². The van der Waals surface area contributed by atoms with Gasteiger partial charge < -0.3 is 9.80 Å². The fraction of sp³-hybridized carbons (Fsp3) is 0.387. The summed E-state index contributed by atoms with van der Waals surface area (Å²) < 4.78 is 0. The first-order valence-corrected chi connectivity index (χ1v) is 13.3. The molecule has 6 nitrogen and oxygen atoms in total. The number of rotatable bonds is 4. The summed E-state index contributed by atoms with van der Waals surface area (Å²) in [6, 6.07) is 21.1. The third-order valence-corrected chi connectivity index (χ3v) is 7.86. The summed E-state index contributed by atoms with van der Waals surface area (Å²) in [4.78, 5) is 37.3. The van der Waals surface area contributed by atoms with E-state index in [-0.39, 0.29) is 17.9 Å². The summed E-state index contributed by atoms with van der Waals surface area (Å²) in [5.41, 5.74) is 5.39. The molecule has 2 aromatic carbocycles. The van der Waals surface area contributed by atoms with Gasteiger partial charge in [-0.2, -0.15) is 0 Å². The van der Waals surface area contributed by atoms with Crippen molar-refractivity contribution >= 4 is 17.5 Å². The number of hydrogen-bond donors (Lipinski definition) is 0. The van der Waals surface area contributed by atoms with Gasteiger partial charge in [0.15, 0.2) is 0 Å². The number of nitrogens with zero attached hydrogens (tertiary/aromatic N) is 4. The number of hydrogen-bond acceptors (Lipinski definition) is 4. The predicted octanol–water partition coefficient (Wildman–Crippen LogP) is 4.75. The van der Waals surface area contributed by atoms with Crippen LogP contribution in [0, 0.1) is 6.92 Å². The zero-order valence-corrected chi connectivity index (χ0v) is 21.8. The number of carbonyl (C=O) groups excluding carboxylic acids is 2. The van der Waals surface area contributed by atoms with E-state index in [4.69, 9.17) is 0 Å². The number of para-hydroxylation sites is 1. The Morgan fingerprint density at radius 3 is 2.38 bits per heavy atom. The molecule has 1 aromatic heterocycles. The van der Waals surface area contributed by atoms with Gasteiger partial charge in [-0.1, -0.05) is 48.0 Å². The fourth-order valence-corrected chi connectivity index (χ4v) is 5.82. The third kappa shape index (κ3) is 5.91. The Labute approximate surface area is 219 Å². The average molecular weight is 497 g/mol. The molecule has 1 fully saturated rings. The number of carbonyl (C=O) groups is 2. The van der Waals surface area contributed by atoms with E-state index >= 15 is 0 Å². The second-order valence-corrected chi connectivity index (χ2v) is 10.4. The van der Waals surface area contributed by atoms with Gasteiger partial charge in [-0.3, -0.25) is 19.5 Å². The van der Waals surface area contributed by atoms with Gasteiger partial charge >= 0.3 is 0 Å². The summed E-state index contributed by atoms with van der Waals surface area (Å²) >= 11 is 0. The minimum Gasteiger partial charge on any atom is -0.336 e. The molecule has 0 spiro atoms. The Kier molecular flexibility index (Phi) is 7.65. The molecule has 2 atom stereocenters. The molecule has 0 aliphatic carbocycles. The fourth-order valence-electron chi connectivity index (χ4n) is 5.82. The minimum atomic E-state index is 0.0412. The van der Waals surface area contributed by atoms with E-state index in [1.807, 2.05) is 52.5 Å². The highest BCUT2D eigenvalue weighted by Crippen LogP contribution is 2.32. The first-order chi connectivity index (χ1) is 18.0. The topological polar surface area (TPSA) is 56.8 Å². The molecule has 2 unspecified atom stereocenters. The van der Waals surface area contributed by atoms with Gasteiger partial charge in [-0.05, 0) is 61.1 Å². The molecule has 2 aliphatic rings. The molecule has 6 heteroatoms. The SMILES string of the molecule is CC(=O)N1CCC2CCC(CN(C(=O)Cc3ccc(C)cc3)Cc3ccccc31)N2Cc1ccncc1. The number of pyridine rings is 1. The molecule has 0 N–H and O–H groups in total. The van der Waals surface area contributed by atoms with Crippen LogP contribution in [0.4, 0.5) is 5.69 Å². The van der Waals surface area contributed by atoms with E-state index < -0.39 is 0 Å². The molecule has 3 aromatic rings. The lowest BCUT2D eigenvalue weighted by Gasteiger charge is -2.34. The number of aryl methyl sites for hydroxylation is 1. The van der Waals surface area contributed by atoms with E-state index in [1.54, 1.807) is 6.92 Å². The molecule has 2 bridgehead atoms. The van der Waals surface area contributed by atoms with Crippen LogP contribution >= 0.6 is 0 Å². The number of aromatic nitrogens is 1. The molecule has 2 amide bonds. The van der Waals surface area contributed by atoms with E-state index in [9.17, 15) is 9.59 Å². The minimum absolute atomic E-state index is 0.0412. The molecule has 0 radical (unpaired) electrons. The van der Waals surface area contributed by atoms with Gasteiger partial charge in [0.25, 0.3) is 0 Å². The number of amides is 2. The van der Waals surface area contributed by atoms with Gasteiger partial charge in [-0.25, -0.2) is 0 Å². The number of benzene rings is 2. The largest absolute Gasteiger partial charge is 0.336 e. The Balaban J connectivity index is 1.49. The van der Waals surface area contributed by atoms with E-state index in [0.29, 0.717) is 32.1 Å². The van der Waals surface area contributed by atoms with Crippen molar-refractivity contribution in [3.8, 4) is 0 Å². The van der Waals surface area contributed by atoms with Crippen molar-refractivity contribution in [1.82, 2.24) is 14.8 Å². The summed E-state index contributed by atoms with van der Waals surface area (Å²) in [5, 5.41) is 0. The maximum absolute atomic E-state index is 13.8. The molecular formula is C31H36N4O2. The molecular weight excluding hydrogens is 460 g/mol. The first kappa shape index (κ1) is 25.2. The summed E-state index contributed by atoms with van der Waals surface area (Å²) in [6.45, 7) is 6.38. The normalized spacial score (nSPS) is 20.3. The average Bonchev–Trinajstić information content (AvgIpc) is 3.25. The Hall–Kier alpha value is -3.51. The standard InChI is InChI=1S/C31H36N4O2/c1-23-7-9-25(10-8-23)19-31(37)33-21-27-5-3-4-6-30(27)34(24(2)36)18-15-28-11-12-29(22-33)35(28)20-26-13-16-32-17-14-26/h3-10,13-14,16-17,28-29H,11-12,15,18-22H2,1-2H3. The van der Waals surface area contributed by atoms with Crippen LogP contribution in [0.25, 0.3) is 0 Å². The van der Waals surface area contributed by atoms with Crippen molar-refractivity contribution in [2.75, 3.05) is 18.0 Å². The third-order valence-electron chi connectivity index (χ3n) is 7.86. The monoisotopic (exact) mass is 496 g/mol. The summed E-state index contributed by atoms with van der Waals surface area (Å²) in [7, 11) is 0. The molecule has 0 saturated carbocycles. The van der Waals surface area contributed by atoms with Crippen LogP contribution in [0.15, 0.2) is 73.1 Å². The van der Waals surface area contributed by atoms with Gasteiger partial charge in [0, 0.05) is 63.3 Å². The van der Waals surface area contributed by atoms with Gasteiger partial charge in [-0.15, -0.1) is 0 Å². The quantitative estimate of drug-likeness (QED) is 0.523. The Morgan fingerprint density at radius 1 is 0.892 bits per heavy atom. The van der Waals surface area contributed by atoms with Crippen LogP contribution in [-0.2, 0) is 29.1 Å². The first-order valence-electron chi connectivity index (χ1n) is 13.3. The van der Waals surface area contributed by atoms with E-state index in [0.717, 1.165) is 42.6 Å². The molecule has 37 heavy (non-hydrogen) atoms. The van der Waals surface area contributed by atoms with Crippen LogP contribution in [0.3, 0.4) is 0 Å². The van der Waals surface area contributed by atoms with Crippen molar-refractivity contribution in [3.05, 3.63) is 95.3 Å².